The van der Waals surface area contributed by atoms with Gasteiger partial charge in [-0.3, -0.25) is 0 Å². The lowest BCUT2D eigenvalue weighted by molar-refractivity contribution is 0.302. The molecule has 0 unspecified atom stereocenters. The molecule has 0 bridgehead atoms. The van der Waals surface area contributed by atoms with Crippen LogP contribution in [-0.4, -0.2) is 12.5 Å². The van der Waals surface area contributed by atoms with Crippen LogP contribution in [0.25, 0.3) is 0 Å². The zero-order valence-corrected chi connectivity index (χ0v) is 7.27. The van der Waals surface area contributed by atoms with Gasteiger partial charge < -0.3 is 4.74 Å². The Labute approximate surface area is 67.4 Å². The molecule has 0 saturated carbocycles. The summed E-state index contributed by atoms with van der Waals surface area (Å²) < 4.78 is 5.16. The number of rotatable bonds is 3. The van der Waals surface area contributed by atoms with Crippen molar-refractivity contribution >= 4 is 18.5 Å². The number of nitrogens with zero attached hydrogens (tertiary/aromatic N) is 1. The molecule has 0 saturated heterocycles. The number of ether oxygens (including phenoxy) is 1. The number of aliphatic imine (C=N–C) groups is 1. The van der Waals surface area contributed by atoms with Gasteiger partial charge in [0.25, 0.3) is 0 Å². The van der Waals surface area contributed by atoms with E-state index in [-0.39, 0.29) is 0 Å². The molecule has 0 amide bonds. The first-order valence-corrected chi connectivity index (χ1v) is 3.79. The van der Waals surface area contributed by atoms with Crippen LogP contribution in [0.3, 0.4) is 0 Å². The van der Waals surface area contributed by atoms with Gasteiger partial charge in [-0.15, -0.1) is 12.6 Å². The van der Waals surface area contributed by atoms with E-state index in [0.717, 1.165) is 13.0 Å². The minimum absolute atomic E-state index is 0.687. The van der Waals surface area contributed by atoms with E-state index in [1.807, 2.05) is 6.92 Å². The quantitative estimate of drug-likeness (QED) is 0.380. The van der Waals surface area contributed by atoms with Gasteiger partial charge in [0.05, 0.1) is 6.61 Å². The van der Waals surface area contributed by atoms with Crippen molar-refractivity contribution in [2.45, 2.75) is 20.3 Å². The van der Waals surface area contributed by atoms with Gasteiger partial charge in [-0.25, -0.2) is 4.99 Å². The standard InChI is InChI=1S/C7H13NOS/c1-3-5-9-7(2)8-4-6-10/h4,6,10H,3,5H2,1-2H3/b6-4-,8-7?. The molecule has 2 nitrogen and oxygen atoms in total. The van der Waals surface area contributed by atoms with E-state index in [1.54, 1.807) is 11.6 Å². The molecule has 0 aromatic rings. The lowest BCUT2D eigenvalue weighted by Crippen LogP contribution is -1.99. The largest absolute Gasteiger partial charge is 0.481 e. The second-order valence-corrected chi connectivity index (χ2v) is 2.09. The topological polar surface area (TPSA) is 21.6 Å². The fourth-order valence-electron chi connectivity index (χ4n) is 0.425. The van der Waals surface area contributed by atoms with E-state index in [2.05, 4.69) is 24.5 Å². The maximum Gasteiger partial charge on any atom is 0.184 e. The molecular weight excluding hydrogens is 146 g/mol. The molecule has 0 aliphatic heterocycles. The molecule has 0 spiro atoms. The molecular formula is C7H13NOS. The molecule has 0 radical (unpaired) electrons. The Bertz CT molecular complexity index is 132. The van der Waals surface area contributed by atoms with Crippen molar-refractivity contribution in [3.63, 3.8) is 0 Å². The molecule has 0 aromatic carbocycles. The van der Waals surface area contributed by atoms with E-state index in [4.69, 9.17) is 4.74 Å². The average Bonchev–Trinajstić information content (AvgIpc) is 1.97. The van der Waals surface area contributed by atoms with Crippen molar-refractivity contribution < 1.29 is 4.74 Å². The Morgan fingerprint density at radius 2 is 2.40 bits per heavy atom. The van der Waals surface area contributed by atoms with Crippen molar-refractivity contribution in [3.05, 3.63) is 11.6 Å². The highest BCUT2D eigenvalue weighted by atomic mass is 32.1. The second kappa shape index (κ2) is 6.68. The van der Waals surface area contributed by atoms with Crippen LogP contribution in [0.15, 0.2) is 16.6 Å². The van der Waals surface area contributed by atoms with Gasteiger partial charge in [-0.2, -0.15) is 0 Å². The summed E-state index contributed by atoms with van der Waals surface area (Å²) in [6.07, 6.45) is 2.60. The Hall–Kier alpha value is -0.440. The summed E-state index contributed by atoms with van der Waals surface area (Å²) in [4.78, 5) is 3.92. The van der Waals surface area contributed by atoms with E-state index >= 15 is 0 Å². The van der Waals surface area contributed by atoms with E-state index in [9.17, 15) is 0 Å². The summed E-state index contributed by atoms with van der Waals surface area (Å²) in [5, 5.41) is 1.57. The fraction of sp³-hybridized carbons (Fsp3) is 0.571. The van der Waals surface area contributed by atoms with Gasteiger partial charge in [0, 0.05) is 13.1 Å². The van der Waals surface area contributed by atoms with Crippen LogP contribution in [0.1, 0.15) is 20.3 Å². The van der Waals surface area contributed by atoms with E-state index < -0.39 is 0 Å². The molecule has 0 atom stereocenters. The summed E-state index contributed by atoms with van der Waals surface area (Å²) in [6.45, 7) is 4.61. The highest BCUT2D eigenvalue weighted by molar-refractivity contribution is 7.83. The third-order valence-electron chi connectivity index (χ3n) is 0.838. The minimum atomic E-state index is 0.687. The maximum atomic E-state index is 5.16. The van der Waals surface area contributed by atoms with Crippen molar-refractivity contribution in [2.24, 2.45) is 4.99 Å². The Morgan fingerprint density at radius 1 is 1.70 bits per heavy atom. The van der Waals surface area contributed by atoms with Gasteiger partial charge in [-0.05, 0) is 11.8 Å². The van der Waals surface area contributed by atoms with Gasteiger partial charge in [0.1, 0.15) is 0 Å². The highest BCUT2D eigenvalue weighted by Gasteiger charge is 1.85. The summed E-state index contributed by atoms with van der Waals surface area (Å²) in [7, 11) is 0. The SMILES string of the molecule is CCCOC(C)=N/C=C\S. The predicted octanol–water partition coefficient (Wildman–Crippen LogP) is 2.23. The van der Waals surface area contributed by atoms with Crippen LogP contribution in [-0.2, 0) is 4.74 Å². The van der Waals surface area contributed by atoms with Crippen LogP contribution in [0, 0.1) is 0 Å². The van der Waals surface area contributed by atoms with Crippen molar-refractivity contribution in [2.75, 3.05) is 6.61 Å². The normalized spacial score (nSPS) is 12.5. The maximum absolute atomic E-state index is 5.16. The van der Waals surface area contributed by atoms with Crippen LogP contribution in [0.5, 0.6) is 0 Å². The van der Waals surface area contributed by atoms with Crippen molar-refractivity contribution in [1.29, 1.82) is 0 Å². The fourth-order valence-corrected chi connectivity index (χ4v) is 0.492. The Morgan fingerprint density at radius 3 is 2.90 bits per heavy atom. The first-order valence-electron chi connectivity index (χ1n) is 3.27. The van der Waals surface area contributed by atoms with Crippen LogP contribution < -0.4 is 0 Å². The predicted molar refractivity (Wildman–Crippen MR) is 47.5 cm³/mol. The molecule has 3 heteroatoms. The van der Waals surface area contributed by atoms with Crippen molar-refractivity contribution in [3.8, 4) is 0 Å². The van der Waals surface area contributed by atoms with Crippen LogP contribution in [0.2, 0.25) is 0 Å². The highest BCUT2D eigenvalue weighted by Crippen LogP contribution is 1.87. The third kappa shape index (κ3) is 5.69. The van der Waals surface area contributed by atoms with E-state index in [0.29, 0.717) is 5.90 Å². The average molecular weight is 159 g/mol. The summed E-state index contributed by atoms with van der Waals surface area (Å²) >= 11 is 3.84. The first kappa shape index (κ1) is 9.56. The molecule has 0 aliphatic rings. The lowest BCUT2D eigenvalue weighted by atomic mass is 10.5. The molecule has 58 valence electrons. The summed E-state index contributed by atoms with van der Waals surface area (Å²) in [5.74, 6) is 0.687. The Balaban J connectivity index is 3.49. The molecule has 0 aliphatic carbocycles. The number of hydrogen-bond donors (Lipinski definition) is 1. The molecule has 0 aromatic heterocycles. The first-order chi connectivity index (χ1) is 4.81. The zero-order chi connectivity index (χ0) is 7.82. The van der Waals surface area contributed by atoms with Crippen LogP contribution >= 0.6 is 12.6 Å². The lowest BCUT2D eigenvalue weighted by Gasteiger charge is -1.99. The van der Waals surface area contributed by atoms with Gasteiger partial charge in [-0.1, -0.05) is 6.92 Å². The van der Waals surface area contributed by atoms with Gasteiger partial charge >= 0.3 is 0 Å². The molecule has 0 fully saturated rings. The van der Waals surface area contributed by atoms with Crippen LogP contribution in [0.4, 0.5) is 0 Å². The van der Waals surface area contributed by atoms with Crippen molar-refractivity contribution in [1.82, 2.24) is 0 Å². The third-order valence-corrected chi connectivity index (χ3v) is 0.971. The summed E-state index contributed by atoms with van der Waals surface area (Å²) in [5.41, 5.74) is 0. The smallest absolute Gasteiger partial charge is 0.184 e. The molecule has 0 rings (SSSR count). The van der Waals surface area contributed by atoms with E-state index in [1.165, 1.54) is 0 Å². The molecule has 0 heterocycles. The Kier molecular flexibility index (Phi) is 6.38. The summed E-state index contributed by atoms with van der Waals surface area (Å²) in [6, 6.07) is 0. The van der Waals surface area contributed by atoms with Gasteiger partial charge in [0.15, 0.2) is 5.90 Å². The number of thiol groups is 1. The monoisotopic (exact) mass is 159 g/mol. The van der Waals surface area contributed by atoms with Gasteiger partial charge in [0.2, 0.25) is 0 Å². The number of hydrogen-bond acceptors (Lipinski definition) is 3. The zero-order valence-electron chi connectivity index (χ0n) is 6.37. The second-order valence-electron chi connectivity index (χ2n) is 1.79. The molecule has 0 N–H and O–H groups in total. The molecule has 10 heavy (non-hydrogen) atoms. The minimum Gasteiger partial charge on any atom is -0.481 e.